The number of carboxylic acid groups (broad SMARTS) is 1. The molecule has 78 valence electrons. The quantitative estimate of drug-likeness (QED) is 0.642. The molecule has 0 amide bonds. The minimum atomic E-state index is -0.833. The van der Waals surface area contributed by atoms with Gasteiger partial charge in [0.2, 0.25) is 0 Å². The van der Waals surface area contributed by atoms with E-state index in [-0.39, 0.29) is 11.5 Å². The van der Waals surface area contributed by atoms with Gasteiger partial charge in [0.25, 0.3) is 5.97 Å². The Bertz CT molecular complexity index is 283. The standard InChI is InChI=1S/C8H10O2.C2H4O2/c1-2-6-7(9)4-3-5-8(6)10;1-2(3)4/h3-5,9-10H,2H2,1H3;1H3,(H,3,4). The number of carbonyl (C=O) groups is 1. The van der Waals surface area contributed by atoms with Crippen molar-refractivity contribution in [2.24, 2.45) is 0 Å². The first-order valence-corrected chi connectivity index (χ1v) is 4.18. The monoisotopic (exact) mass is 198 g/mol. The van der Waals surface area contributed by atoms with E-state index < -0.39 is 5.97 Å². The number of phenols is 2. The van der Waals surface area contributed by atoms with Crippen molar-refractivity contribution in [3.8, 4) is 11.5 Å². The van der Waals surface area contributed by atoms with Crippen LogP contribution in [0.15, 0.2) is 18.2 Å². The average molecular weight is 198 g/mol. The molecular formula is C10H14O4. The summed E-state index contributed by atoms with van der Waals surface area (Å²) in [7, 11) is 0. The second-order valence-electron chi connectivity index (χ2n) is 2.65. The zero-order valence-electron chi connectivity index (χ0n) is 8.19. The predicted octanol–water partition coefficient (Wildman–Crippen LogP) is 1.75. The van der Waals surface area contributed by atoms with Gasteiger partial charge in [0.05, 0.1) is 0 Å². The van der Waals surface area contributed by atoms with Gasteiger partial charge in [0, 0.05) is 12.5 Å². The maximum atomic E-state index is 9.13. The van der Waals surface area contributed by atoms with Crippen LogP contribution >= 0.6 is 0 Å². The van der Waals surface area contributed by atoms with E-state index in [1.165, 1.54) is 0 Å². The highest BCUT2D eigenvalue weighted by atomic mass is 16.4. The summed E-state index contributed by atoms with van der Waals surface area (Å²) in [5.41, 5.74) is 0.613. The first-order chi connectivity index (χ1) is 6.49. The fourth-order valence-electron chi connectivity index (χ4n) is 0.925. The molecule has 0 saturated carbocycles. The minimum Gasteiger partial charge on any atom is -0.508 e. The van der Waals surface area contributed by atoms with E-state index in [1.807, 2.05) is 6.92 Å². The van der Waals surface area contributed by atoms with Gasteiger partial charge in [-0.15, -0.1) is 0 Å². The highest BCUT2D eigenvalue weighted by Crippen LogP contribution is 2.25. The van der Waals surface area contributed by atoms with E-state index >= 15 is 0 Å². The summed E-state index contributed by atoms with van der Waals surface area (Å²) in [5.74, 6) is -0.495. The molecule has 0 bridgehead atoms. The molecule has 0 saturated heterocycles. The summed E-state index contributed by atoms with van der Waals surface area (Å²) in [6.07, 6.45) is 0.651. The molecule has 3 N–H and O–H groups in total. The maximum absolute atomic E-state index is 9.13. The molecule has 0 aliphatic heterocycles. The maximum Gasteiger partial charge on any atom is 0.300 e. The van der Waals surface area contributed by atoms with Crippen molar-refractivity contribution in [1.29, 1.82) is 0 Å². The third-order valence-corrected chi connectivity index (χ3v) is 1.48. The molecule has 1 aromatic carbocycles. The molecule has 1 aromatic rings. The Labute approximate surface area is 82.4 Å². The average Bonchev–Trinajstić information content (AvgIpc) is 2.03. The van der Waals surface area contributed by atoms with E-state index in [4.69, 9.17) is 20.1 Å². The largest absolute Gasteiger partial charge is 0.508 e. The van der Waals surface area contributed by atoms with Crippen LogP contribution in [-0.4, -0.2) is 21.3 Å². The van der Waals surface area contributed by atoms with Gasteiger partial charge in [-0.25, -0.2) is 0 Å². The van der Waals surface area contributed by atoms with E-state index in [1.54, 1.807) is 18.2 Å². The summed E-state index contributed by atoms with van der Waals surface area (Å²) in [6.45, 7) is 2.97. The number of aliphatic carboxylic acids is 1. The topological polar surface area (TPSA) is 77.8 Å². The SMILES string of the molecule is CC(=O)O.CCc1c(O)cccc1O. The molecule has 0 spiro atoms. The molecule has 0 atom stereocenters. The zero-order chi connectivity index (χ0) is 11.1. The van der Waals surface area contributed by atoms with Gasteiger partial charge in [0.15, 0.2) is 0 Å². The summed E-state index contributed by atoms with van der Waals surface area (Å²) in [5, 5.41) is 25.7. The van der Waals surface area contributed by atoms with Crippen molar-refractivity contribution >= 4 is 5.97 Å². The molecule has 0 radical (unpaired) electrons. The molecule has 14 heavy (non-hydrogen) atoms. The molecule has 4 nitrogen and oxygen atoms in total. The third kappa shape index (κ3) is 4.35. The predicted molar refractivity (Wildman–Crippen MR) is 52.5 cm³/mol. The number of hydrogen-bond donors (Lipinski definition) is 3. The van der Waals surface area contributed by atoms with Crippen LogP contribution in [0.4, 0.5) is 0 Å². The van der Waals surface area contributed by atoms with Gasteiger partial charge < -0.3 is 15.3 Å². The van der Waals surface area contributed by atoms with Crippen LogP contribution in [-0.2, 0) is 11.2 Å². The number of carboxylic acids is 1. The summed E-state index contributed by atoms with van der Waals surface area (Å²) < 4.78 is 0. The lowest BCUT2D eigenvalue weighted by molar-refractivity contribution is -0.134. The van der Waals surface area contributed by atoms with Gasteiger partial charge in [-0.05, 0) is 18.6 Å². The number of hydrogen-bond acceptors (Lipinski definition) is 3. The number of phenolic OH excluding ortho intramolecular Hbond substituents is 2. The second kappa shape index (κ2) is 5.85. The fraction of sp³-hybridized carbons (Fsp3) is 0.300. The Kier molecular flexibility index (Phi) is 5.14. The lowest BCUT2D eigenvalue weighted by Gasteiger charge is -2.01. The van der Waals surface area contributed by atoms with Gasteiger partial charge >= 0.3 is 0 Å². The Morgan fingerprint density at radius 2 is 1.64 bits per heavy atom. The lowest BCUT2D eigenvalue weighted by Crippen LogP contribution is -1.81. The molecule has 0 aliphatic carbocycles. The number of benzene rings is 1. The first kappa shape index (κ1) is 12.3. The molecule has 0 fully saturated rings. The van der Waals surface area contributed by atoms with Crippen LogP contribution < -0.4 is 0 Å². The lowest BCUT2D eigenvalue weighted by atomic mass is 10.1. The van der Waals surface area contributed by atoms with Crippen molar-refractivity contribution in [1.82, 2.24) is 0 Å². The molecule has 0 unspecified atom stereocenters. The van der Waals surface area contributed by atoms with Gasteiger partial charge in [0.1, 0.15) is 11.5 Å². The van der Waals surface area contributed by atoms with Crippen LogP contribution in [0, 0.1) is 0 Å². The molecule has 0 aliphatic rings. The van der Waals surface area contributed by atoms with Crippen LogP contribution in [0.1, 0.15) is 19.4 Å². The smallest absolute Gasteiger partial charge is 0.300 e. The Hall–Kier alpha value is -1.71. The van der Waals surface area contributed by atoms with Crippen LogP contribution in [0.5, 0.6) is 11.5 Å². The van der Waals surface area contributed by atoms with Crippen molar-refractivity contribution in [3.05, 3.63) is 23.8 Å². The molecule has 4 heteroatoms. The Morgan fingerprint density at radius 1 is 1.29 bits per heavy atom. The van der Waals surface area contributed by atoms with Crippen LogP contribution in [0.2, 0.25) is 0 Å². The summed E-state index contributed by atoms with van der Waals surface area (Å²) in [6, 6.07) is 4.75. The van der Waals surface area contributed by atoms with Crippen LogP contribution in [0.3, 0.4) is 0 Å². The third-order valence-electron chi connectivity index (χ3n) is 1.48. The van der Waals surface area contributed by atoms with E-state index in [0.29, 0.717) is 12.0 Å². The van der Waals surface area contributed by atoms with Crippen molar-refractivity contribution in [2.75, 3.05) is 0 Å². The number of rotatable bonds is 1. The molecular weight excluding hydrogens is 184 g/mol. The number of aromatic hydroxyl groups is 2. The zero-order valence-corrected chi connectivity index (χ0v) is 8.19. The Morgan fingerprint density at radius 3 is 1.86 bits per heavy atom. The van der Waals surface area contributed by atoms with Crippen LogP contribution in [0.25, 0.3) is 0 Å². The Balaban J connectivity index is 0.000000364. The molecule has 1 rings (SSSR count). The summed E-state index contributed by atoms with van der Waals surface area (Å²) in [4.78, 5) is 9.00. The highest BCUT2D eigenvalue weighted by Gasteiger charge is 2.01. The second-order valence-corrected chi connectivity index (χ2v) is 2.65. The normalized spacial score (nSPS) is 8.71. The van der Waals surface area contributed by atoms with Gasteiger partial charge in [-0.2, -0.15) is 0 Å². The minimum absolute atomic E-state index is 0.169. The first-order valence-electron chi connectivity index (χ1n) is 4.18. The van der Waals surface area contributed by atoms with Crippen molar-refractivity contribution < 1.29 is 20.1 Å². The van der Waals surface area contributed by atoms with E-state index in [9.17, 15) is 0 Å². The molecule has 0 heterocycles. The van der Waals surface area contributed by atoms with Crippen molar-refractivity contribution in [3.63, 3.8) is 0 Å². The van der Waals surface area contributed by atoms with E-state index in [2.05, 4.69) is 0 Å². The van der Waals surface area contributed by atoms with Gasteiger partial charge in [-0.1, -0.05) is 13.0 Å². The van der Waals surface area contributed by atoms with Crippen molar-refractivity contribution in [2.45, 2.75) is 20.3 Å². The van der Waals surface area contributed by atoms with Gasteiger partial charge in [-0.3, -0.25) is 4.79 Å². The highest BCUT2D eigenvalue weighted by molar-refractivity contribution is 5.62. The van der Waals surface area contributed by atoms with E-state index in [0.717, 1.165) is 6.92 Å². The fourth-order valence-corrected chi connectivity index (χ4v) is 0.925. The summed E-state index contributed by atoms with van der Waals surface area (Å²) >= 11 is 0. The molecule has 0 aromatic heterocycles.